The SMILES string of the molecule is OC[C@@]1(c2ccc(OCc3ccccc3)cc2)COc2ccccc21. The lowest BCUT2D eigenvalue weighted by Crippen LogP contribution is -2.33. The van der Waals surface area contributed by atoms with Crippen LogP contribution in [0.3, 0.4) is 0 Å². The molecule has 3 nitrogen and oxygen atoms in total. The summed E-state index contributed by atoms with van der Waals surface area (Å²) in [7, 11) is 0. The first kappa shape index (κ1) is 15.7. The van der Waals surface area contributed by atoms with Crippen molar-refractivity contribution in [2.24, 2.45) is 0 Å². The molecule has 3 heteroatoms. The second-order valence-corrected chi connectivity index (χ2v) is 6.32. The fourth-order valence-corrected chi connectivity index (χ4v) is 3.34. The quantitative estimate of drug-likeness (QED) is 0.769. The highest BCUT2D eigenvalue weighted by atomic mass is 16.5. The number of hydrogen-bond donors (Lipinski definition) is 1. The molecule has 0 amide bonds. The Labute approximate surface area is 147 Å². The van der Waals surface area contributed by atoms with Gasteiger partial charge in [0, 0.05) is 5.56 Å². The van der Waals surface area contributed by atoms with Crippen molar-refractivity contribution in [2.75, 3.05) is 13.2 Å². The van der Waals surface area contributed by atoms with Crippen LogP contribution in [0.15, 0.2) is 78.9 Å². The van der Waals surface area contributed by atoms with Gasteiger partial charge in [-0.2, -0.15) is 0 Å². The van der Waals surface area contributed by atoms with Crippen LogP contribution in [-0.4, -0.2) is 18.3 Å². The second-order valence-electron chi connectivity index (χ2n) is 6.32. The molecule has 0 radical (unpaired) electrons. The van der Waals surface area contributed by atoms with Gasteiger partial charge in [0.05, 0.1) is 12.0 Å². The van der Waals surface area contributed by atoms with Crippen molar-refractivity contribution in [3.63, 3.8) is 0 Å². The largest absolute Gasteiger partial charge is 0.492 e. The predicted molar refractivity (Wildman–Crippen MR) is 97.0 cm³/mol. The lowest BCUT2D eigenvalue weighted by Gasteiger charge is -2.26. The molecule has 0 saturated carbocycles. The number of aliphatic hydroxyl groups is 1. The van der Waals surface area contributed by atoms with Crippen molar-refractivity contribution in [3.05, 3.63) is 95.6 Å². The Hall–Kier alpha value is -2.78. The molecule has 0 bridgehead atoms. The Morgan fingerprint density at radius 1 is 0.880 bits per heavy atom. The Bertz CT molecular complexity index is 843. The maximum Gasteiger partial charge on any atom is 0.123 e. The molecule has 3 aromatic rings. The highest BCUT2D eigenvalue weighted by molar-refractivity contribution is 5.51. The van der Waals surface area contributed by atoms with E-state index >= 15 is 0 Å². The molecule has 0 spiro atoms. The standard InChI is InChI=1S/C22H20O3/c23-15-22(16-25-21-9-5-4-8-20(21)22)18-10-12-19(13-11-18)24-14-17-6-2-1-3-7-17/h1-13,23H,14-16H2/t22-/m0/s1. The van der Waals surface area contributed by atoms with Crippen molar-refractivity contribution in [2.45, 2.75) is 12.0 Å². The van der Waals surface area contributed by atoms with Gasteiger partial charge in [-0.1, -0.05) is 60.7 Å². The smallest absolute Gasteiger partial charge is 0.123 e. The maximum atomic E-state index is 10.1. The number of benzene rings is 3. The Morgan fingerprint density at radius 2 is 1.60 bits per heavy atom. The van der Waals surface area contributed by atoms with Gasteiger partial charge in [0.2, 0.25) is 0 Å². The van der Waals surface area contributed by atoms with Crippen LogP contribution in [0.5, 0.6) is 11.5 Å². The third kappa shape index (κ3) is 2.87. The van der Waals surface area contributed by atoms with Gasteiger partial charge in [0.1, 0.15) is 24.7 Å². The zero-order valence-corrected chi connectivity index (χ0v) is 13.9. The summed E-state index contributed by atoms with van der Waals surface area (Å²) in [6.07, 6.45) is 0. The van der Waals surface area contributed by atoms with Crippen LogP contribution in [0.2, 0.25) is 0 Å². The molecule has 0 unspecified atom stereocenters. The van der Waals surface area contributed by atoms with E-state index in [1.807, 2.05) is 78.9 Å². The van der Waals surface area contributed by atoms with E-state index in [9.17, 15) is 5.11 Å². The first-order valence-corrected chi connectivity index (χ1v) is 8.42. The van der Waals surface area contributed by atoms with Crippen LogP contribution in [0.25, 0.3) is 0 Å². The fraction of sp³-hybridized carbons (Fsp3) is 0.182. The van der Waals surface area contributed by atoms with E-state index < -0.39 is 5.41 Å². The van der Waals surface area contributed by atoms with Crippen LogP contribution in [-0.2, 0) is 12.0 Å². The molecule has 4 rings (SSSR count). The average molecular weight is 332 g/mol. The van der Waals surface area contributed by atoms with E-state index in [1.165, 1.54) is 0 Å². The Kier molecular flexibility index (Phi) is 4.16. The van der Waals surface area contributed by atoms with Crippen molar-refractivity contribution in [1.29, 1.82) is 0 Å². The minimum atomic E-state index is -0.505. The normalized spacial score (nSPS) is 18.4. The van der Waals surface area contributed by atoms with Gasteiger partial charge < -0.3 is 14.6 Å². The summed E-state index contributed by atoms with van der Waals surface area (Å²) in [6, 6.07) is 25.9. The summed E-state index contributed by atoms with van der Waals surface area (Å²) < 4.78 is 11.7. The molecule has 0 aliphatic carbocycles. The number of hydrogen-bond acceptors (Lipinski definition) is 3. The third-order valence-corrected chi connectivity index (χ3v) is 4.80. The van der Waals surface area contributed by atoms with Gasteiger partial charge in [-0.15, -0.1) is 0 Å². The Morgan fingerprint density at radius 3 is 2.36 bits per heavy atom. The topological polar surface area (TPSA) is 38.7 Å². The summed E-state index contributed by atoms with van der Waals surface area (Å²) in [4.78, 5) is 0. The van der Waals surface area contributed by atoms with Gasteiger partial charge in [-0.25, -0.2) is 0 Å². The molecule has 1 atom stereocenters. The second kappa shape index (κ2) is 6.61. The molecule has 1 N–H and O–H groups in total. The monoisotopic (exact) mass is 332 g/mol. The highest BCUT2D eigenvalue weighted by Gasteiger charge is 2.41. The fourth-order valence-electron chi connectivity index (χ4n) is 3.34. The van der Waals surface area contributed by atoms with E-state index in [1.54, 1.807) is 0 Å². The minimum absolute atomic E-state index is 0.00817. The Balaban J connectivity index is 1.55. The molecule has 3 aromatic carbocycles. The van der Waals surface area contributed by atoms with E-state index in [2.05, 4.69) is 0 Å². The van der Waals surface area contributed by atoms with Crippen molar-refractivity contribution in [3.8, 4) is 11.5 Å². The van der Waals surface area contributed by atoms with Crippen LogP contribution in [0.1, 0.15) is 16.7 Å². The van der Waals surface area contributed by atoms with Crippen molar-refractivity contribution >= 4 is 0 Å². The molecular formula is C22H20O3. The zero-order valence-electron chi connectivity index (χ0n) is 13.9. The highest BCUT2D eigenvalue weighted by Crippen LogP contribution is 2.43. The predicted octanol–water partition coefficient (Wildman–Crippen LogP) is 3.94. The first-order chi connectivity index (χ1) is 12.3. The molecule has 126 valence electrons. The third-order valence-electron chi connectivity index (χ3n) is 4.80. The molecule has 0 aromatic heterocycles. The molecule has 1 aliphatic heterocycles. The number of rotatable bonds is 5. The van der Waals surface area contributed by atoms with Gasteiger partial charge in [0.15, 0.2) is 0 Å². The molecular weight excluding hydrogens is 312 g/mol. The lowest BCUT2D eigenvalue weighted by atomic mass is 9.77. The van der Waals surface area contributed by atoms with E-state index in [4.69, 9.17) is 9.47 Å². The van der Waals surface area contributed by atoms with Crippen LogP contribution < -0.4 is 9.47 Å². The molecule has 0 fully saturated rings. The van der Waals surface area contributed by atoms with Crippen molar-refractivity contribution in [1.82, 2.24) is 0 Å². The first-order valence-electron chi connectivity index (χ1n) is 8.42. The summed E-state index contributed by atoms with van der Waals surface area (Å²) in [6.45, 7) is 0.999. The number of fused-ring (bicyclic) bond motifs is 1. The van der Waals surface area contributed by atoms with Gasteiger partial charge in [-0.3, -0.25) is 0 Å². The van der Waals surface area contributed by atoms with Crippen LogP contribution >= 0.6 is 0 Å². The van der Waals surface area contributed by atoms with Gasteiger partial charge in [-0.05, 0) is 29.3 Å². The number of aliphatic hydroxyl groups excluding tert-OH is 1. The van der Waals surface area contributed by atoms with Crippen molar-refractivity contribution < 1.29 is 14.6 Å². The average Bonchev–Trinajstić information content (AvgIpc) is 3.08. The molecule has 1 heterocycles. The summed E-state index contributed by atoms with van der Waals surface area (Å²) in [5.41, 5.74) is 2.70. The van der Waals surface area contributed by atoms with E-state index in [-0.39, 0.29) is 6.61 Å². The molecule has 25 heavy (non-hydrogen) atoms. The maximum absolute atomic E-state index is 10.1. The van der Waals surface area contributed by atoms with Gasteiger partial charge >= 0.3 is 0 Å². The van der Waals surface area contributed by atoms with Crippen LogP contribution in [0.4, 0.5) is 0 Å². The van der Waals surface area contributed by atoms with Crippen LogP contribution in [0, 0.1) is 0 Å². The molecule has 1 aliphatic rings. The number of para-hydroxylation sites is 1. The molecule has 0 saturated heterocycles. The van der Waals surface area contributed by atoms with E-state index in [0.717, 1.165) is 28.2 Å². The zero-order chi connectivity index (χ0) is 17.1. The lowest BCUT2D eigenvalue weighted by molar-refractivity contribution is 0.185. The van der Waals surface area contributed by atoms with Gasteiger partial charge in [0.25, 0.3) is 0 Å². The summed E-state index contributed by atoms with van der Waals surface area (Å²) >= 11 is 0. The minimum Gasteiger partial charge on any atom is -0.492 e. The summed E-state index contributed by atoms with van der Waals surface area (Å²) in [5.74, 6) is 1.66. The summed E-state index contributed by atoms with van der Waals surface area (Å²) in [5, 5.41) is 10.1. The van der Waals surface area contributed by atoms with E-state index in [0.29, 0.717) is 13.2 Å². The number of ether oxygens (including phenoxy) is 2.